The molecule has 1 nitrogen and oxygen atoms in total. The normalized spacial score (nSPS) is 9.42. The van der Waals surface area contributed by atoms with Crippen LogP contribution in [0.5, 0.6) is 0 Å². The summed E-state index contributed by atoms with van der Waals surface area (Å²) in [5.41, 5.74) is 1.05. The molecular formula is C10H8OS. The lowest BCUT2D eigenvalue weighted by Crippen LogP contribution is -1.83. The van der Waals surface area contributed by atoms with Crippen LogP contribution in [0.2, 0.25) is 0 Å². The fourth-order valence-electron chi connectivity index (χ4n) is 0.707. The summed E-state index contributed by atoms with van der Waals surface area (Å²) in [5.74, 6) is 4.84. The number of carbonyl (C=O) groups is 1. The molecule has 0 spiro atoms. The van der Waals surface area contributed by atoms with Gasteiger partial charge >= 0.3 is 0 Å². The Balaban J connectivity index is 2.61. The number of allylic oxidation sites excluding steroid dienone is 1. The number of ketones is 1. The molecule has 0 unspecified atom stereocenters. The van der Waals surface area contributed by atoms with Gasteiger partial charge in [0.25, 0.3) is 0 Å². The molecule has 0 aliphatic carbocycles. The van der Waals surface area contributed by atoms with Crippen LogP contribution in [0.1, 0.15) is 12.5 Å². The highest BCUT2D eigenvalue weighted by molar-refractivity contribution is 7.08. The lowest BCUT2D eigenvalue weighted by molar-refractivity contribution is -0.109. The van der Waals surface area contributed by atoms with Crippen LogP contribution in [-0.2, 0) is 4.79 Å². The third kappa shape index (κ3) is 2.73. The SMILES string of the molecule is CC#CC(=O)/C=C/c1ccsc1. The standard InChI is InChI=1S/C10H8OS/c1-2-3-10(11)5-4-9-6-7-12-8-9/h4-8H,1H3/b5-4+. The van der Waals surface area contributed by atoms with Gasteiger partial charge in [-0.25, -0.2) is 0 Å². The van der Waals surface area contributed by atoms with E-state index in [0.29, 0.717) is 0 Å². The van der Waals surface area contributed by atoms with Crippen LogP contribution in [0.4, 0.5) is 0 Å². The minimum absolute atomic E-state index is 0.149. The van der Waals surface area contributed by atoms with Crippen LogP contribution in [0, 0.1) is 11.8 Å². The molecule has 0 atom stereocenters. The van der Waals surface area contributed by atoms with Crippen molar-refractivity contribution in [2.75, 3.05) is 0 Å². The van der Waals surface area contributed by atoms with Gasteiger partial charge in [0.05, 0.1) is 0 Å². The number of hydrogen-bond acceptors (Lipinski definition) is 2. The predicted octanol–water partition coefficient (Wildman–Crippen LogP) is 2.35. The molecule has 0 aromatic carbocycles. The van der Waals surface area contributed by atoms with E-state index in [1.54, 1.807) is 24.3 Å². The fraction of sp³-hybridized carbons (Fsp3) is 0.100. The van der Waals surface area contributed by atoms with E-state index in [2.05, 4.69) is 11.8 Å². The Morgan fingerprint density at radius 1 is 1.67 bits per heavy atom. The van der Waals surface area contributed by atoms with Gasteiger partial charge in [0.1, 0.15) is 0 Å². The molecule has 0 radical (unpaired) electrons. The monoisotopic (exact) mass is 176 g/mol. The van der Waals surface area contributed by atoms with Crippen molar-refractivity contribution in [3.8, 4) is 11.8 Å². The third-order valence-corrected chi connectivity index (χ3v) is 1.92. The summed E-state index contributed by atoms with van der Waals surface area (Å²) in [7, 11) is 0. The lowest BCUT2D eigenvalue weighted by atomic mass is 10.2. The van der Waals surface area contributed by atoms with E-state index in [1.165, 1.54) is 6.08 Å². The predicted molar refractivity (Wildman–Crippen MR) is 51.8 cm³/mol. The molecule has 1 rings (SSSR count). The summed E-state index contributed by atoms with van der Waals surface area (Å²) in [6.45, 7) is 1.65. The van der Waals surface area contributed by atoms with Crippen molar-refractivity contribution >= 4 is 23.2 Å². The van der Waals surface area contributed by atoms with Crippen LogP contribution in [0.3, 0.4) is 0 Å². The van der Waals surface area contributed by atoms with E-state index in [9.17, 15) is 4.79 Å². The van der Waals surface area contributed by atoms with Crippen molar-refractivity contribution in [3.63, 3.8) is 0 Å². The molecule has 12 heavy (non-hydrogen) atoms. The Morgan fingerprint density at radius 2 is 2.50 bits per heavy atom. The van der Waals surface area contributed by atoms with Crippen molar-refractivity contribution in [1.82, 2.24) is 0 Å². The Labute approximate surface area is 75.7 Å². The summed E-state index contributed by atoms with van der Waals surface area (Å²) in [6.07, 6.45) is 3.25. The van der Waals surface area contributed by atoms with Gasteiger partial charge in [-0.2, -0.15) is 11.3 Å². The molecule has 2 heteroatoms. The maximum Gasteiger partial charge on any atom is 0.228 e. The van der Waals surface area contributed by atoms with Crippen LogP contribution in [-0.4, -0.2) is 5.78 Å². The second kappa shape index (κ2) is 4.53. The van der Waals surface area contributed by atoms with Crippen LogP contribution < -0.4 is 0 Å². The molecule has 0 fully saturated rings. The van der Waals surface area contributed by atoms with Gasteiger partial charge in [-0.15, -0.1) is 0 Å². The Hall–Kier alpha value is -1.33. The summed E-state index contributed by atoms with van der Waals surface area (Å²) < 4.78 is 0. The first-order chi connectivity index (χ1) is 5.83. The van der Waals surface area contributed by atoms with E-state index in [4.69, 9.17) is 0 Å². The Kier molecular flexibility index (Phi) is 3.31. The fourth-order valence-corrected chi connectivity index (χ4v) is 1.34. The van der Waals surface area contributed by atoms with E-state index in [-0.39, 0.29) is 5.78 Å². The molecule has 1 heterocycles. The van der Waals surface area contributed by atoms with Crippen molar-refractivity contribution in [3.05, 3.63) is 28.5 Å². The van der Waals surface area contributed by atoms with Crippen molar-refractivity contribution in [2.45, 2.75) is 6.92 Å². The van der Waals surface area contributed by atoms with Gasteiger partial charge in [0.2, 0.25) is 5.78 Å². The zero-order chi connectivity index (χ0) is 8.81. The molecule has 60 valence electrons. The van der Waals surface area contributed by atoms with Crippen LogP contribution in [0.25, 0.3) is 6.08 Å². The highest BCUT2D eigenvalue weighted by Gasteiger charge is 1.88. The molecule has 0 aliphatic heterocycles. The van der Waals surface area contributed by atoms with Gasteiger partial charge in [-0.1, -0.05) is 5.92 Å². The van der Waals surface area contributed by atoms with E-state index < -0.39 is 0 Å². The Morgan fingerprint density at radius 3 is 3.08 bits per heavy atom. The third-order valence-electron chi connectivity index (χ3n) is 1.22. The molecule has 0 saturated carbocycles. The number of carbonyl (C=O) groups excluding carboxylic acids is 1. The van der Waals surface area contributed by atoms with Crippen LogP contribution >= 0.6 is 11.3 Å². The highest BCUT2D eigenvalue weighted by atomic mass is 32.1. The van der Waals surface area contributed by atoms with Crippen LogP contribution in [0.15, 0.2) is 22.9 Å². The van der Waals surface area contributed by atoms with Crippen molar-refractivity contribution in [2.24, 2.45) is 0 Å². The highest BCUT2D eigenvalue weighted by Crippen LogP contribution is 2.07. The quantitative estimate of drug-likeness (QED) is 0.384. The largest absolute Gasteiger partial charge is 0.280 e. The summed E-state index contributed by atoms with van der Waals surface area (Å²) >= 11 is 1.61. The Bertz CT molecular complexity index is 336. The maximum atomic E-state index is 10.9. The molecule has 1 aromatic heterocycles. The molecule has 0 amide bonds. The van der Waals surface area contributed by atoms with Crippen molar-refractivity contribution in [1.29, 1.82) is 0 Å². The molecule has 0 bridgehead atoms. The van der Waals surface area contributed by atoms with Gasteiger partial charge in [-0.05, 0) is 47.4 Å². The smallest absolute Gasteiger partial charge is 0.228 e. The molecule has 0 N–H and O–H groups in total. The second-order valence-corrected chi connectivity index (χ2v) is 2.91. The molecule has 0 saturated heterocycles. The van der Waals surface area contributed by atoms with E-state index in [0.717, 1.165) is 5.56 Å². The number of thiophene rings is 1. The van der Waals surface area contributed by atoms with Gasteiger partial charge in [0, 0.05) is 0 Å². The van der Waals surface area contributed by atoms with Gasteiger partial charge in [-0.3, -0.25) is 4.79 Å². The minimum atomic E-state index is -0.149. The number of hydrogen-bond donors (Lipinski definition) is 0. The summed E-state index contributed by atoms with van der Waals surface area (Å²) in [6, 6.07) is 1.95. The van der Waals surface area contributed by atoms with Gasteiger partial charge in [0.15, 0.2) is 0 Å². The lowest BCUT2D eigenvalue weighted by Gasteiger charge is -1.79. The maximum absolute atomic E-state index is 10.9. The summed E-state index contributed by atoms with van der Waals surface area (Å²) in [5, 5.41) is 3.94. The minimum Gasteiger partial charge on any atom is -0.280 e. The zero-order valence-electron chi connectivity index (χ0n) is 6.70. The first kappa shape index (κ1) is 8.76. The summed E-state index contributed by atoms with van der Waals surface area (Å²) in [4.78, 5) is 10.9. The molecular weight excluding hydrogens is 168 g/mol. The zero-order valence-corrected chi connectivity index (χ0v) is 7.52. The van der Waals surface area contributed by atoms with E-state index in [1.807, 2.05) is 16.8 Å². The first-order valence-electron chi connectivity index (χ1n) is 3.50. The number of rotatable bonds is 2. The second-order valence-electron chi connectivity index (χ2n) is 2.13. The van der Waals surface area contributed by atoms with Crippen molar-refractivity contribution < 1.29 is 4.79 Å². The van der Waals surface area contributed by atoms with E-state index >= 15 is 0 Å². The first-order valence-corrected chi connectivity index (χ1v) is 4.44. The van der Waals surface area contributed by atoms with Gasteiger partial charge < -0.3 is 0 Å². The molecule has 0 aliphatic rings. The average Bonchev–Trinajstić information content (AvgIpc) is 2.53. The average molecular weight is 176 g/mol. The molecule has 1 aromatic rings. The topological polar surface area (TPSA) is 17.1 Å².